The van der Waals surface area contributed by atoms with Gasteiger partial charge in [0.05, 0.1) is 5.69 Å². The molecule has 1 aromatic heterocycles. The SMILES string of the molecule is N=Cc1c(-c2ccccc2F)cc(-c2cccc(O)c2)nc1N. The molecular weight excluding hydrogens is 293 g/mol. The number of nitrogens with one attached hydrogen (secondary N) is 1. The Hall–Kier alpha value is -3.21. The molecule has 0 saturated heterocycles. The molecule has 0 bridgehead atoms. The molecule has 3 rings (SSSR count). The first-order valence-corrected chi connectivity index (χ1v) is 6.95. The Morgan fingerprint density at radius 3 is 2.52 bits per heavy atom. The molecule has 0 saturated carbocycles. The van der Waals surface area contributed by atoms with Crippen molar-refractivity contribution < 1.29 is 9.50 Å². The van der Waals surface area contributed by atoms with Crippen molar-refractivity contribution in [1.29, 1.82) is 5.41 Å². The zero-order chi connectivity index (χ0) is 16.4. The van der Waals surface area contributed by atoms with E-state index in [-0.39, 0.29) is 11.6 Å². The molecule has 1 heterocycles. The molecule has 0 unspecified atom stereocenters. The fourth-order valence-corrected chi connectivity index (χ4v) is 2.44. The highest BCUT2D eigenvalue weighted by Crippen LogP contribution is 2.32. The third-order valence-electron chi connectivity index (χ3n) is 3.54. The Labute approximate surface area is 132 Å². The van der Waals surface area contributed by atoms with Gasteiger partial charge in [0.2, 0.25) is 0 Å². The number of benzene rings is 2. The first kappa shape index (κ1) is 14.7. The van der Waals surface area contributed by atoms with Gasteiger partial charge in [0.15, 0.2) is 0 Å². The van der Waals surface area contributed by atoms with E-state index in [1.165, 1.54) is 6.07 Å². The monoisotopic (exact) mass is 307 g/mol. The maximum absolute atomic E-state index is 14.1. The molecule has 114 valence electrons. The summed E-state index contributed by atoms with van der Waals surface area (Å²) < 4.78 is 14.1. The molecule has 0 aliphatic carbocycles. The van der Waals surface area contributed by atoms with Gasteiger partial charge in [0, 0.05) is 22.9 Å². The van der Waals surface area contributed by atoms with Crippen LogP contribution >= 0.6 is 0 Å². The number of phenols is 1. The summed E-state index contributed by atoms with van der Waals surface area (Å²) in [6.07, 6.45) is 1.07. The zero-order valence-corrected chi connectivity index (χ0v) is 12.1. The maximum Gasteiger partial charge on any atom is 0.133 e. The number of nitrogens with zero attached hydrogens (tertiary/aromatic N) is 1. The summed E-state index contributed by atoms with van der Waals surface area (Å²) in [5, 5.41) is 17.2. The lowest BCUT2D eigenvalue weighted by molar-refractivity contribution is 0.475. The maximum atomic E-state index is 14.1. The molecule has 23 heavy (non-hydrogen) atoms. The average Bonchev–Trinajstić information content (AvgIpc) is 2.54. The highest BCUT2D eigenvalue weighted by molar-refractivity contribution is 5.95. The van der Waals surface area contributed by atoms with Crippen LogP contribution in [-0.4, -0.2) is 16.3 Å². The van der Waals surface area contributed by atoms with Gasteiger partial charge in [-0.25, -0.2) is 9.37 Å². The Morgan fingerprint density at radius 2 is 1.83 bits per heavy atom. The van der Waals surface area contributed by atoms with Gasteiger partial charge in [0.25, 0.3) is 0 Å². The molecule has 0 aliphatic rings. The van der Waals surface area contributed by atoms with Gasteiger partial charge in [-0.1, -0.05) is 30.3 Å². The van der Waals surface area contributed by atoms with E-state index in [0.29, 0.717) is 27.9 Å². The van der Waals surface area contributed by atoms with Crippen molar-refractivity contribution in [2.24, 2.45) is 0 Å². The van der Waals surface area contributed by atoms with Gasteiger partial charge in [-0.3, -0.25) is 0 Å². The second kappa shape index (κ2) is 5.88. The number of rotatable bonds is 3. The highest BCUT2D eigenvalue weighted by Gasteiger charge is 2.14. The minimum absolute atomic E-state index is 0.103. The summed E-state index contributed by atoms with van der Waals surface area (Å²) in [5.41, 5.74) is 8.31. The molecule has 5 heteroatoms. The van der Waals surface area contributed by atoms with E-state index >= 15 is 0 Å². The van der Waals surface area contributed by atoms with Gasteiger partial charge >= 0.3 is 0 Å². The zero-order valence-electron chi connectivity index (χ0n) is 12.1. The Balaban J connectivity index is 2.27. The molecular formula is C18H14FN3O. The third kappa shape index (κ3) is 2.76. The Kier molecular flexibility index (Phi) is 3.76. The summed E-state index contributed by atoms with van der Waals surface area (Å²) in [7, 11) is 0. The number of aromatic hydroxyl groups is 1. The van der Waals surface area contributed by atoms with Crippen molar-refractivity contribution in [2.75, 3.05) is 5.73 Å². The van der Waals surface area contributed by atoms with E-state index in [2.05, 4.69) is 4.98 Å². The lowest BCUT2D eigenvalue weighted by Crippen LogP contribution is -2.02. The quantitative estimate of drug-likeness (QED) is 0.643. The summed E-state index contributed by atoms with van der Waals surface area (Å²) >= 11 is 0. The second-order valence-electron chi connectivity index (χ2n) is 5.03. The van der Waals surface area contributed by atoms with Crippen molar-refractivity contribution in [3.05, 3.63) is 66.0 Å². The molecule has 0 spiro atoms. The number of hydrogen-bond acceptors (Lipinski definition) is 4. The van der Waals surface area contributed by atoms with Crippen LogP contribution in [0.5, 0.6) is 5.75 Å². The van der Waals surface area contributed by atoms with Crippen LogP contribution in [0.4, 0.5) is 10.2 Å². The first-order valence-electron chi connectivity index (χ1n) is 6.95. The summed E-state index contributed by atoms with van der Waals surface area (Å²) in [6, 6.07) is 14.5. The van der Waals surface area contributed by atoms with Gasteiger partial charge in [0.1, 0.15) is 17.4 Å². The fourth-order valence-electron chi connectivity index (χ4n) is 2.44. The van der Waals surface area contributed by atoms with Gasteiger partial charge in [-0.2, -0.15) is 0 Å². The predicted molar refractivity (Wildman–Crippen MR) is 89.0 cm³/mol. The normalized spacial score (nSPS) is 10.5. The lowest BCUT2D eigenvalue weighted by Gasteiger charge is -2.12. The number of phenolic OH excluding ortho intramolecular Hbond substituents is 1. The van der Waals surface area contributed by atoms with Crippen molar-refractivity contribution in [2.45, 2.75) is 0 Å². The Morgan fingerprint density at radius 1 is 1.04 bits per heavy atom. The van der Waals surface area contributed by atoms with E-state index < -0.39 is 5.82 Å². The predicted octanol–water partition coefficient (Wildman–Crippen LogP) is 3.84. The van der Waals surface area contributed by atoms with Crippen LogP contribution in [0.25, 0.3) is 22.4 Å². The highest BCUT2D eigenvalue weighted by atomic mass is 19.1. The summed E-state index contributed by atoms with van der Waals surface area (Å²) in [6.45, 7) is 0. The van der Waals surface area contributed by atoms with Crippen LogP contribution < -0.4 is 5.73 Å². The van der Waals surface area contributed by atoms with Gasteiger partial charge in [-0.15, -0.1) is 0 Å². The molecule has 0 fully saturated rings. The third-order valence-corrected chi connectivity index (χ3v) is 3.54. The second-order valence-corrected chi connectivity index (χ2v) is 5.03. The number of pyridine rings is 1. The van der Waals surface area contributed by atoms with Crippen LogP contribution in [-0.2, 0) is 0 Å². The van der Waals surface area contributed by atoms with Crippen molar-refractivity contribution in [3.8, 4) is 28.1 Å². The van der Waals surface area contributed by atoms with Crippen molar-refractivity contribution in [3.63, 3.8) is 0 Å². The number of halogens is 1. The number of hydrogen-bond donors (Lipinski definition) is 3. The molecule has 0 radical (unpaired) electrons. The summed E-state index contributed by atoms with van der Waals surface area (Å²) in [5.74, 6) is -0.159. The largest absolute Gasteiger partial charge is 0.508 e. The van der Waals surface area contributed by atoms with E-state index in [4.69, 9.17) is 11.1 Å². The van der Waals surface area contributed by atoms with E-state index in [1.54, 1.807) is 48.5 Å². The molecule has 4 nitrogen and oxygen atoms in total. The molecule has 3 aromatic rings. The van der Waals surface area contributed by atoms with Crippen LogP contribution in [0.1, 0.15) is 5.56 Å². The molecule has 0 atom stereocenters. The van der Waals surface area contributed by atoms with Crippen molar-refractivity contribution in [1.82, 2.24) is 4.98 Å². The number of nitrogen functional groups attached to an aromatic ring is 1. The van der Waals surface area contributed by atoms with Crippen molar-refractivity contribution >= 4 is 12.0 Å². The molecule has 0 aliphatic heterocycles. The first-order chi connectivity index (χ1) is 11.1. The van der Waals surface area contributed by atoms with E-state index in [0.717, 1.165) is 6.21 Å². The minimum Gasteiger partial charge on any atom is -0.508 e. The number of aromatic nitrogens is 1. The standard InChI is InChI=1S/C18H14FN3O/c19-16-7-2-1-6-13(16)14-9-17(22-18(21)15(14)10-20)11-4-3-5-12(23)8-11/h1-10,20,23H,(H2,21,22). The van der Waals surface area contributed by atoms with Gasteiger partial charge in [-0.05, 0) is 29.8 Å². The topological polar surface area (TPSA) is 83.0 Å². The van der Waals surface area contributed by atoms with Crippen LogP contribution in [0.3, 0.4) is 0 Å². The minimum atomic E-state index is -0.400. The smallest absolute Gasteiger partial charge is 0.133 e. The van der Waals surface area contributed by atoms with E-state index in [9.17, 15) is 9.50 Å². The lowest BCUT2D eigenvalue weighted by atomic mass is 9.98. The number of nitrogens with two attached hydrogens (primary N) is 1. The Bertz CT molecular complexity index is 893. The van der Waals surface area contributed by atoms with Crippen LogP contribution in [0.2, 0.25) is 0 Å². The number of anilines is 1. The average molecular weight is 307 g/mol. The molecule has 4 N–H and O–H groups in total. The molecule has 2 aromatic carbocycles. The van der Waals surface area contributed by atoms with Crippen LogP contribution in [0, 0.1) is 11.2 Å². The van der Waals surface area contributed by atoms with Gasteiger partial charge < -0.3 is 16.2 Å². The molecule has 0 amide bonds. The fraction of sp³-hybridized carbons (Fsp3) is 0. The van der Waals surface area contributed by atoms with Crippen LogP contribution in [0.15, 0.2) is 54.6 Å². The summed E-state index contributed by atoms with van der Waals surface area (Å²) in [4.78, 5) is 4.26. The van der Waals surface area contributed by atoms with E-state index in [1.807, 2.05) is 0 Å².